The molecule has 0 amide bonds. The van der Waals surface area contributed by atoms with Crippen LogP contribution in [-0.4, -0.2) is 24.6 Å². The van der Waals surface area contributed by atoms with Crippen molar-refractivity contribution in [2.75, 3.05) is 24.5 Å². The smallest absolute Gasteiger partial charge is 0.185 e. The van der Waals surface area contributed by atoms with Gasteiger partial charge < -0.3 is 10.2 Å². The summed E-state index contributed by atoms with van der Waals surface area (Å²) in [5, 5.41) is 4.81. The highest BCUT2D eigenvalue weighted by molar-refractivity contribution is 7.15. The summed E-state index contributed by atoms with van der Waals surface area (Å²) in [5.74, 6) is 2.08. The van der Waals surface area contributed by atoms with Crippen molar-refractivity contribution in [3.05, 3.63) is 10.6 Å². The Morgan fingerprint density at radius 2 is 1.90 bits per heavy atom. The van der Waals surface area contributed by atoms with Gasteiger partial charge in [-0.05, 0) is 37.1 Å². The van der Waals surface area contributed by atoms with E-state index in [9.17, 15) is 0 Å². The number of nitrogens with one attached hydrogen (secondary N) is 1. The molecule has 4 heteroatoms. The number of hydrogen-bond acceptors (Lipinski definition) is 4. The van der Waals surface area contributed by atoms with Gasteiger partial charge >= 0.3 is 0 Å². The second kappa shape index (κ2) is 7.59. The lowest BCUT2D eigenvalue weighted by Crippen LogP contribution is -2.32. The van der Waals surface area contributed by atoms with Crippen LogP contribution < -0.4 is 10.2 Å². The predicted octanol–water partition coefficient (Wildman–Crippen LogP) is 4.25. The maximum Gasteiger partial charge on any atom is 0.185 e. The molecule has 1 aliphatic heterocycles. The Hall–Kier alpha value is -0.610. The molecular formula is C17H31N3S. The molecule has 0 aliphatic carbocycles. The van der Waals surface area contributed by atoms with Crippen LogP contribution in [0, 0.1) is 11.8 Å². The van der Waals surface area contributed by atoms with E-state index in [-0.39, 0.29) is 0 Å². The quantitative estimate of drug-likeness (QED) is 0.851. The number of piperidine rings is 1. The third-order valence-electron chi connectivity index (χ3n) is 4.16. The zero-order valence-corrected chi connectivity index (χ0v) is 15.1. The first kappa shape index (κ1) is 16.8. The molecule has 0 saturated carbocycles. The van der Waals surface area contributed by atoms with Crippen LogP contribution >= 0.6 is 11.3 Å². The Balaban J connectivity index is 2.05. The van der Waals surface area contributed by atoms with E-state index in [0.29, 0.717) is 11.8 Å². The number of rotatable bonds is 6. The highest BCUT2D eigenvalue weighted by atomic mass is 32.1. The lowest BCUT2D eigenvalue weighted by atomic mass is 10.00. The van der Waals surface area contributed by atoms with E-state index < -0.39 is 0 Å². The number of thiazole rings is 1. The van der Waals surface area contributed by atoms with Crippen molar-refractivity contribution in [2.45, 2.75) is 59.9 Å². The molecule has 1 aromatic rings. The molecule has 3 nitrogen and oxygen atoms in total. The largest absolute Gasteiger partial charge is 0.348 e. The van der Waals surface area contributed by atoms with E-state index in [2.05, 4.69) is 44.8 Å². The highest BCUT2D eigenvalue weighted by Gasteiger charge is 2.21. The van der Waals surface area contributed by atoms with Gasteiger partial charge in [0.1, 0.15) is 0 Å². The van der Waals surface area contributed by atoms with Crippen LogP contribution in [0.1, 0.15) is 63.9 Å². The molecule has 21 heavy (non-hydrogen) atoms. The van der Waals surface area contributed by atoms with Crippen molar-refractivity contribution in [1.82, 2.24) is 10.3 Å². The summed E-state index contributed by atoms with van der Waals surface area (Å²) in [4.78, 5) is 8.88. The maximum atomic E-state index is 4.96. The SMILES string of the molecule is CC(C)CNCc1sc(N2CCC(C)CC2)nc1C(C)C. The molecule has 0 atom stereocenters. The van der Waals surface area contributed by atoms with Crippen molar-refractivity contribution < 1.29 is 0 Å². The minimum Gasteiger partial charge on any atom is -0.348 e. The fourth-order valence-corrected chi connectivity index (χ4v) is 3.97. The summed E-state index contributed by atoms with van der Waals surface area (Å²) in [7, 11) is 0. The molecule has 2 heterocycles. The number of anilines is 1. The van der Waals surface area contributed by atoms with Gasteiger partial charge in [0.05, 0.1) is 5.69 Å². The Morgan fingerprint density at radius 1 is 1.24 bits per heavy atom. The average molecular weight is 310 g/mol. The van der Waals surface area contributed by atoms with Gasteiger partial charge in [0, 0.05) is 24.5 Å². The molecular weight excluding hydrogens is 278 g/mol. The number of nitrogens with zero attached hydrogens (tertiary/aromatic N) is 2. The Labute approximate surface area is 134 Å². The summed E-state index contributed by atoms with van der Waals surface area (Å²) in [5.41, 5.74) is 1.30. The zero-order chi connectivity index (χ0) is 15.4. The molecule has 1 aromatic heterocycles. The molecule has 1 fully saturated rings. The Morgan fingerprint density at radius 3 is 2.48 bits per heavy atom. The average Bonchev–Trinajstić information content (AvgIpc) is 2.83. The molecule has 0 aromatic carbocycles. The predicted molar refractivity (Wildman–Crippen MR) is 93.4 cm³/mol. The van der Waals surface area contributed by atoms with Gasteiger partial charge in [0.15, 0.2) is 5.13 Å². The van der Waals surface area contributed by atoms with E-state index in [4.69, 9.17) is 4.98 Å². The summed E-state index contributed by atoms with van der Waals surface area (Å²) in [6, 6.07) is 0. The third-order valence-corrected chi connectivity index (χ3v) is 5.29. The second-order valence-corrected chi connectivity index (χ2v) is 8.22. The molecule has 0 spiro atoms. The molecule has 0 unspecified atom stereocenters. The van der Waals surface area contributed by atoms with E-state index >= 15 is 0 Å². The van der Waals surface area contributed by atoms with E-state index in [1.54, 1.807) is 0 Å². The van der Waals surface area contributed by atoms with Crippen molar-refractivity contribution in [3.63, 3.8) is 0 Å². The monoisotopic (exact) mass is 309 g/mol. The van der Waals surface area contributed by atoms with E-state index in [1.165, 1.54) is 41.6 Å². The Bertz CT molecular complexity index is 431. The first-order valence-electron chi connectivity index (χ1n) is 8.42. The van der Waals surface area contributed by atoms with Crippen LogP contribution in [-0.2, 0) is 6.54 Å². The lowest BCUT2D eigenvalue weighted by Gasteiger charge is -2.29. The van der Waals surface area contributed by atoms with Gasteiger partial charge in [0.25, 0.3) is 0 Å². The molecule has 120 valence electrons. The van der Waals surface area contributed by atoms with Gasteiger partial charge in [0.2, 0.25) is 0 Å². The minimum atomic E-state index is 0.509. The van der Waals surface area contributed by atoms with Crippen LogP contribution in [0.3, 0.4) is 0 Å². The van der Waals surface area contributed by atoms with E-state index in [0.717, 1.165) is 19.0 Å². The normalized spacial score (nSPS) is 17.2. The molecule has 0 bridgehead atoms. The van der Waals surface area contributed by atoms with Crippen molar-refractivity contribution in [3.8, 4) is 0 Å². The Kier molecular flexibility index (Phi) is 6.06. The summed E-state index contributed by atoms with van der Waals surface area (Å²) in [6.07, 6.45) is 2.61. The molecule has 1 saturated heterocycles. The van der Waals surface area contributed by atoms with Crippen molar-refractivity contribution >= 4 is 16.5 Å². The maximum absolute atomic E-state index is 4.96. The minimum absolute atomic E-state index is 0.509. The lowest BCUT2D eigenvalue weighted by molar-refractivity contribution is 0.438. The van der Waals surface area contributed by atoms with Crippen LogP contribution in [0.2, 0.25) is 0 Å². The molecule has 2 rings (SSSR count). The van der Waals surface area contributed by atoms with Gasteiger partial charge in [-0.25, -0.2) is 4.98 Å². The molecule has 1 N–H and O–H groups in total. The van der Waals surface area contributed by atoms with Gasteiger partial charge in [-0.2, -0.15) is 0 Å². The molecule has 0 radical (unpaired) electrons. The van der Waals surface area contributed by atoms with Crippen LogP contribution in [0.4, 0.5) is 5.13 Å². The van der Waals surface area contributed by atoms with Crippen LogP contribution in [0.5, 0.6) is 0 Å². The fourth-order valence-electron chi connectivity index (χ4n) is 2.74. The molecule has 1 aliphatic rings. The first-order chi connectivity index (χ1) is 9.97. The van der Waals surface area contributed by atoms with Crippen molar-refractivity contribution in [2.24, 2.45) is 11.8 Å². The van der Waals surface area contributed by atoms with Crippen LogP contribution in [0.25, 0.3) is 0 Å². The first-order valence-corrected chi connectivity index (χ1v) is 9.24. The number of aromatic nitrogens is 1. The summed E-state index contributed by atoms with van der Waals surface area (Å²) < 4.78 is 0. The van der Waals surface area contributed by atoms with Gasteiger partial charge in [-0.3, -0.25) is 0 Å². The van der Waals surface area contributed by atoms with Gasteiger partial charge in [-0.1, -0.05) is 34.6 Å². The standard InChI is InChI=1S/C17H31N3S/c1-12(2)10-18-11-15-16(13(3)4)19-17(21-15)20-8-6-14(5)7-9-20/h12-14,18H,6-11H2,1-5H3. The number of hydrogen-bond donors (Lipinski definition) is 1. The summed E-state index contributed by atoms with van der Waals surface area (Å²) >= 11 is 1.90. The highest BCUT2D eigenvalue weighted by Crippen LogP contribution is 2.32. The topological polar surface area (TPSA) is 28.2 Å². The zero-order valence-electron chi connectivity index (χ0n) is 14.3. The van der Waals surface area contributed by atoms with E-state index in [1.807, 2.05) is 11.3 Å². The van der Waals surface area contributed by atoms with Crippen molar-refractivity contribution in [1.29, 1.82) is 0 Å². The second-order valence-electron chi connectivity index (χ2n) is 7.15. The summed E-state index contributed by atoms with van der Waals surface area (Å²) in [6.45, 7) is 15.8. The third kappa shape index (κ3) is 4.68. The fraction of sp³-hybridized carbons (Fsp3) is 0.824. The van der Waals surface area contributed by atoms with Gasteiger partial charge in [-0.15, -0.1) is 11.3 Å². The van der Waals surface area contributed by atoms with Crippen LogP contribution in [0.15, 0.2) is 0 Å².